The van der Waals surface area contributed by atoms with Gasteiger partial charge in [0.05, 0.1) is 5.52 Å². The number of aromatic amines is 1. The number of nitrogens with zero attached hydrogens (tertiary/aromatic N) is 1. The first-order valence-corrected chi connectivity index (χ1v) is 6.94. The number of halogens is 1. The van der Waals surface area contributed by atoms with Gasteiger partial charge in [-0.3, -0.25) is 9.89 Å². The molecule has 0 unspecified atom stereocenters. The van der Waals surface area contributed by atoms with Gasteiger partial charge in [-0.25, -0.2) is 0 Å². The van der Waals surface area contributed by atoms with Crippen LogP contribution in [0.15, 0.2) is 46.9 Å². The van der Waals surface area contributed by atoms with Crippen molar-refractivity contribution >= 4 is 38.4 Å². The molecular weight excluding hydrogens is 318 g/mol. The highest BCUT2D eigenvalue weighted by Gasteiger charge is 2.14. The summed E-state index contributed by atoms with van der Waals surface area (Å²) in [6, 6.07) is 13.3. The predicted octanol–water partition coefficient (Wildman–Crippen LogP) is 3.89. The molecule has 1 heterocycles. The minimum Gasteiger partial charge on any atom is -0.321 e. The van der Waals surface area contributed by atoms with Crippen LogP contribution in [0, 0.1) is 6.92 Å². The Hall–Kier alpha value is -2.14. The van der Waals surface area contributed by atoms with Crippen LogP contribution in [-0.2, 0) is 0 Å². The van der Waals surface area contributed by atoms with E-state index in [1.165, 1.54) is 0 Å². The Morgan fingerprint density at radius 1 is 1.25 bits per heavy atom. The minimum absolute atomic E-state index is 0.222. The van der Waals surface area contributed by atoms with E-state index in [1.54, 1.807) is 0 Å². The molecule has 0 saturated carbocycles. The molecule has 3 aromatic rings. The zero-order valence-electron chi connectivity index (χ0n) is 10.8. The van der Waals surface area contributed by atoms with Crippen molar-refractivity contribution in [3.8, 4) is 0 Å². The number of carbonyl (C=O) groups excluding carboxylic acids is 1. The number of aryl methyl sites for hydroxylation is 1. The summed E-state index contributed by atoms with van der Waals surface area (Å²) in [5, 5.41) is 10.6. The Bertz CT molecular complexity index is 774. The molecule has 1 aromatic heterocycles. The summed E-state index contributed by atoms with van der Waals surface area (Å²) in [7, 11) is 0. The summed E-state index contributed by atoms with van der Waals surface area (Å²) < 4.78 is 0.930. The lowest BCUT2D eigenvalue weighted by atomic mass is 10.2. The number of nitrogens with one attached hydrogen (secondary N) is 2. The van der Waals surface area contributed by atoms with E-state index in [9.17, 15) is 4.79 Å². The van der Waals surface area contributed by atoms with Crippen molar-refractivity contribution in [2.45, 2.75) is 6.92 Å². The van der Waals surface area contributed by atoms with Crippen molar-refractivity contribution < 1.29 is 4.79 Å². The summed E-state index contributed by atoms with van der Waals surface area (Å²) in [6.07, 6.45) is 0. The highest BCUT2D eigenvalue weighted by atomic mass is 79.9. The van der Waals surface area contributed by atoms with E-state index in [0.717, 1.165) is 26.6 Å². The highest BCUT2D eigenvalue weighted by molar-refractivity contribution is 9.10. The number of H-pyrrole nitrogens is 1. The van der Waals surface area contributed by atoms with E-state index in [2.05, 4.69) is 31.4 Å². The smallest absolute Gasteiger partial charge is 0.276 e. The van der Waals surface area contributed by atoms with Crippen LogP contribution in [0.1, 0.15) is 16.1 Å². The Kier molecular flexibility index (Phi) is 3.28. The van der Waals surface area contributed by atoms with Gasteiger partial charge < -0.3 is 5.32 Å². The van der Waals surface area contributed by atoms with Gasteiger partial charge in [-0.2, -0.15) is 5.10 Å². The zero-order chi connectivity index (χ0) is 14.1. The van der Waals surface area contributed by atoms with Crippen LogP contribution in [0.4, 0.5) is 5.69 Å². The maximum Gasteiger partial charge on any atom is 0.276 e. The minimum atomic E-state index is -0.222. The number of fused-ring (bicyclic) bond motifs is 1. The molecule has 0 fully saturated rings. The summed E-state index contributed by atoms with van der Waals surface area (Å²) in [5.41, 5.74) is 3.07. The van der Waals surface area contributed by atoms with E-state index in [-0.39, 0.29) is 5.91 Å². The van der Waals surface area contributed by atoms with Gasteiger partial charge in [-0.05, 0) is 36.8 Å². The summed E-state index contributed by atoms with van der Waals surface area (Å²) in [5.74, 6) is -0.222. The van der Waals surface area contributed by atoms with Gasteiger partial charge in [0.15, 0.2) is 5.69 Å². The third-order valence-electron chi connectivity index (χ3n) is 2.99. The number of hydrogen-bond acceptors (Lipinski definition) is 2. The maximum absolute atomic E-state index is 12.3. The number of para-hydroxylation sites is 1. The number of anilines is 1. The van der Waals surface area contributed by atoms with Crippen LogP contribution < -0.4 is 5.32 Å². The first kappa shape index (κ1) is 12.9. The molecule has 5 heteroatoms. The lowest BCUT2D eigenvalue weighted by molar-refractivity contribution is 0.102. The topological polar surface area (TPSA) is 57.8 Å². The van der Waals surface area contributed by atoms with Crippen LogP contribution in [-0.4, -0.2) is 16.1 Å². The molecule has 1 amide bonds. The van der Waals surface area contributed by atoms with E-state index < -0.39 is 0 Å². The summed E-state index contributed by atoms with van der Waals surface area (Å²) in [4.78, 5) is 12.3. The molecular formula is C15H12BrN3O. The Balaban J connectivity index is 1.93. The van der Waals surface area contributed by atoms with Crippen molar-refractivity contribution in [3.05, 3.63) is 58.2 Å². The van der Waals surface area contributed by atoms with Crippen LogP contribution >= 0.6 is 15.9 Å². The molecule has 100 valence electrons. The van der Waals surface area contributed by atoms with Crippen LogP contribution in [0.5, 0.6) is 0 Å². The molecule has 0 atom stereocenters. The van der Waals surface area contributed by atoms with E-state index in [4.69, 9.17) is 0 Å². The van der Waals surface area contributed by atoms with Crippen molar-refractivity contribution in [2.24, 2.45) is 0 Å². The largest absolute Gasteiger partial charge is 0.321 e. The molecule has 0 saturated heterocycles. The molecule has 3 rings (SSSR count). The highest BCUT2D eigenvalue weighted by Crippen LogP contribution is 2.21. The second kappa shape index (κ2) is 5.09. The predicted molar refractivity (Wildman–Crippen MR) is 82.9 cm³/mol. The Morgan fingerprint density at radius 3 is 2.85 bits per heavy atom. The van der Waals surface area contributed by atoms with Crippen molar-refractivity contribution in [1.29, 1.82) is 0 Å². The molecule has 0 aliphatic rings. The Morgan fingerprint density at radius 2 is 2.05 bits per heavy atom. The van der Waals surface area contributed by atoms with Crippen molar-refractivity contribution in [2.75, 3.05) is 5.32 Å². The third-order valence-corrected chi connectivity index (χ3v) is 3.44. The molecule has 0 spiro atoms. The fourth-order valence-electron chi connectivity index (χ4n) is 2.14. The van der Waals surface area contributed by atoms with Gasteiger partial charge in [0, 0.05) is 15.5 Å². The number of benzene rings is 2. The fourth-order valence-corrected chi connectivity index (χ4v) is 2.74. The van der Waals surface area contributed by atoms with Crippen LogP contribution in [0.25, 0.3) is 10.9 Å². The molecule has 2 aromatic carbocycles. The maximum atomic E-state index is 12.3. The summed E-state index contributed by atoms with van der Waals surface area (Å²) in [6.45, 7) is 1.98. The average molecular weight is 330 g/mol. The first-order chi connectivity index (χ1) is 9.63. The lowest BCUT2D eigenvalue weighted by Gasteiger charge is -2.05. The van der Waals surface area contributed by atoms with E-state index >= 15 is 0 Å². The van der Waals surface area contributed by atoms with Gasteiger partial charge >= 0.3 is 0 Å². The SMILES string of the molecule is Cc1cc(Br)cc(NC(=O)c2n[nH]c3ccccc23)c1. The number of carbonyl (C=O) groups is 1. The van der Waals surface area contributed by atoms with Gasteiger partial charge in [0.1, 0.15) is 0 Å². The molecule has 0 radical (unpaired) electrons. The number of hydrogen-bond donors (Lipinski definition) is 2. The normalized spacial score (nSPS) is 10.7. The Labute approximate surface area is 124 Å². The van der Waals surface area contributed by atoms with Crippen molar-refractivity contribution in [3.63, 3.8) is 0 Å². The van der Waals surface area contributed by atoms with Crippen LogP contribution in [0.3, 0.4) is 0 Å². The molecule has 20 heavy (non-hydrogen) atoms. The van der Waals surface area contributed by atoms with Gasteiger partial charge in [0.2, 0.25) is 0 Å². The monoisotopic (exact) mass is 329 g/mol. The summed E-state index contributed by atoms with van der Waals surface area (Å²) >= 11 is 3.42. The van der Waals surface area contributed by atoms with Gasteiger partial charge in [-0.1, -0.05) is 34.1 Å². The average Bonchev–Trinajstić information content (AvgIpc) is 2.81. The number of amides is 1. The standard InChI is InChI=1S/C15H12BrN3O/c1-9-6-10(16)8-11(7-9)17-15(20)14-12-4-2-3-5-13(12)18-19-14/h2-8H,1H3,(H,17,20)(H,18,19). The molecule has 0 aliphatic carbocycles. The van der Waals surface area contributed by atoms with E-state index in [0.29, 0.717) is 5.69 Å². The molecule has 0 aliphatic heterocycles. The zero-order valence-corrected chi connectivity index (χ0v) is 12.4. The van der Waals surface area contributed by atoms with Crippen LogP contribution in [0.2, 0.25) is 0 Å². The fraction of sp³-hybridized carbons (Fsp3) is 0.0667. The number of rotatable bonds is 2. The molecule has 4 nitrogen and oxygen atoms in total. The van der Waals surface area contributed by atoms with Gasteiger partial charge in [-0.15, -0.1) is 0 Å². The third kappa shape index (κ3) is 2.44. The van der Waals surface area contributed by atoms with Gasteiger partial charge in [0.25, 0.3) is 5.91 Å². The second-order valence-electron chi connectivity index (χ2n) is 4.59. The molecule has 0 bridgehead atoms. The quantitative estimate of drug-likeness (QED) is 0.749. The van der Waals surface area contributed by atoms with Crippen molar-refractivity contribution in [1.82, 2.24) is 10.2 Å². The molecule has 2 N–H and O–H groups in total. The first-order valence-electron chi connectivity index (χ1n) is 6.15. The second-order valence-corrected chi connectivity index (χ2v) is 5.50. The number of aromatic nitrogens is 2. The lowest BCUT2D eigenvalue weighted by Crippen LogP contribution is -2.12. The van der Waals surface area contributed by atoms with E-state index in [1.807, 2.05) is 49.4 Å².